The summed E-state index contributed by atoms with van der Waals surface area (Å²) >= 11 is 1.81. The number of allylic oxidation sites excluding steroid dienone is 4. The first-order valence-corrected chi connectivity index (χ1v) is 13.1. The van der Waals surface area contributed by atoms with Crippen molar-refractivity contribution in [2.45, 2.75) is 12.8 Å². The number of carbonyl (C=O) groups is 1. The minimum absolute atomic E-state index is 0.238. The molecular formula is C28H32N6OS. The maximum atomic E-state index is 11.7. The summed E-state index contributed by atoms with van der Waals surface area (Å²) < 4.78 is 2.39. The molecule has 7 nitrogen and oxygen atoms in total. The number of piperazine rings is 1. The lowest BCUT2D eigenvalue weighted by Crippen LogP contribution is -2.43. The summed E-state index contributed by atoms with van der Waals surface area (Å²) in [5.41, 5.74) is 6.19. The van der Waals surface area contributed by atoms with Crippen LogP contribution in [-0.2, 0) is 4.79 Å². The number of nitrogens with zero attached hydrogens (tertiary/aromatic N) is 4. The number of rotatable bonds is 9. The number of anilines is 3. The molecule has 1 aromatic carbocycles. The molecule has 1 aliphatic heterocycles. The van der Waals surface area contributed by atoms with Crippen molar-refractivity contribution >= 4 is 46.8 Å². The number of benzene rings is 1. The van der Waals surface area contributed by atoms with Crippen LogP contribution in [0.1, 0.15) is 24.1 Å². The van der Waals surface area contributed by atoms with Crippen LogP contribution in [0.3, 0.4) is 0 Å². The number of hydrogen-bond donors (Lipinski definition) is 2. The molecule has 36 heavy (non-hydrogen) atoms. The highest BCUT2D eigenvalue weighted by atomic mass is 32.2. The van der Waals surface area contributed by atoms with Gasteiger partial charge in [-0.3, -0.25) is 4.79 Å². The van der Waals surface area contributed by atoms with Gasteiger partial charge in [0.1, 0.15) is 0 Å². The zero-order valence-corrected chi connectivity index (χ0v) is 21.5. The van der Waals surface area contributed by atoms with Gasteiger partial charge in [0.15, 0.2) is 0 Å². The van der Waals surface area contributed by atoms with Crippen LogP contribution in [0.15, 0.2) is 79.7 Å². The SMILES string of the molecule is C=CC(=O)NC1=CCCC(C(=C)c2nc(Nc3ccc(N4CCN(SC)CC4)cc3)ncc2C=C)=C1. The van der Waals surface area contributed by atoms with Gasteiger partial charge < -0.3 is 15.5 Å². The number of amides is 1. The van der Waals surface area contributed by atoms with Crippen molar-refractivity contribution in [1.82, 2.24) is 19.6 Å². The van der Waals surface area contributed by atoms with E-state index in [1.807, 2.05) is 24.1 Å². The first-order valence-electron chi connectivity index (χ1n) is 11.9. The molecule has 2 aromatic rings. The highest BCUT2D eigenvalue weighted by Gasteiger charge is 2.18. The molecule has 186 valence electrons. The summed E-state index contributed by atoms with van der Waals surface area (Å²) in [5.74, 6) is 0.253. The van der Waals surface area contributed by atoms with Crippen molar-refractivity contribution in [1.29, 1.82) is 0 Å². The molecule has 4 rings (SSSR count). The highest BCUT2D eigenvalue weighted by Crippen LogP contribution is 2.31. The van der Waals surface area contributed by atoms with E-state index in [2.05, 4.69) is 75.1 Å². The minimum atomic E-state index is -0.238. The van der Waals surface area contributed by atoms with Crippen LogP contribution in [0.2, 0.25) is 0 Å². The van der Waals surface area contributed by atoms with Gasteiger partial charge in [0, 0.05) is 55.0 Å². The fraction of sp³-hybridized carbons (Fsp3) is 0.250. The average Bonchev–Trinajstić information content (AvgIpc) is 2.93. The zero-order valence-electron chi connectivity index (χ0n) is 20.7. The summed E-state index contributed by atoms with van der Waals surface area (Å²) in [6.45, 7) is 15.9. The van der Waals surface area contributed by atoms with E-state index in [0.29, 0.717) is 11.6 Å². The normalized spacial score (nSPS) is 16.0. The van der Waals surface area contributed by atoms with Crippen LogP contribution < -0.4 is 15.5 Å². The molecule has 2 aliphatic rings. The first kappa shape index (κ1) is 25.5. The van der Waals surface area contributed by atoms with E-state index >= 15 is 0 Å². The standard InChI is InChI=1S/C28H32N6OS/c1-5-21-19-29-28(31-23-10-12-25(13-11-23)33-14-16-34(36-4)17-15-33)32-27(21)20(3)22-8-7-9-24(18-22)30-26(35)6-2/h5-6,9-13,18-19H,1-3,7-8,14-17H2,4H3,(H,30,35)(H,29,31,32). The van der Waals surface area contributed by atoms with Crippen LogP contribution in [0, 0.1) is 0 Å². The van der Waals surface area contributed by atoms with Crippen molar-refractivity contribution < 1.29 is 4.79 Å². The molecule has 0 saturated carbocycles. The van der Waals surface area contributed by atoms with E-state index < -0.39 is 0 Å². The maximum absolute atomic E-state index is 11.7. The van der Waals surface area contributed by atoms with Crippen LogP contribution in [0.25, 0.3) is 11.6 Å². The Labute approximate surface area is 217 Å². The predicted molar refractivity (Wildman–Crippen MR) is 152 cm³/mol. The van der Waals surface area contributed by atoms with Gasteiger partial charge >= 0.3 is 0 Å². The third kappa shape index (κ3) is 6.13. The van der Waals surface area contributed by atoms with Gasteiger partial charge in [-0.25, -0.2) is 14.3 Å². The maximum Gasteiger partial charge on any atom is 0.247 e. The van der Waals surface area contributed by atoms with Gasteiger partial charge in [-0.05, 0) is 66.7 Å². The third-order valence-corrected chi connectivity index (χ3v) is 7.14. The second-order valence-corrected chi connectivity index (χ2v) is 9.39. The molecule has 2 heterocycles. The van der Waals surface area contributed by atoms with Gasteiger partial charge in [0.05, 0.1) is 5.69 Å². The lowest BCUT2D eigenvalue weighted by atomic mass is 9.93. The molecule has 1 aromatic heterocycles. The Bertz CT molecular complexity index is 1210. The van der Waals surface area contributed by atoms with Crippen molar-refractivity contribution in [3.05, 3.63) is 91.0 Å². The molecule has 0 bridgehead atoms. The van der Waals surface area contributed by atoms with Gasteiger partial charge in [0.25, 0.3) is 0 Å². The fourth-order valence-corrected chi connectivity index (χ4v) is 4.76. The van der Waals surface area contributed by atoms with E-state index in [1.165, 1.54) is 11.8 Å². The van der Waals surface area contributed by atoms with Gasteiger partial charge in [-0.15, -0.1) is 0 Å². The van der Waals surface area contributed by atoms with E-state index in [9.17, 15) is 4.79 Å². The molecule has 1 fully saturated rings. The zero-order chi connectivity index (χ0) is 25.5. The van der Waals surface area contributed by atoms with Crippen molar-refractivity contribution in [3.8, 4) is 0 Å². The Morgan fingerprint density at radius 2 is 1.89 bits per heavy atom. The fourth-order valence-electron chi connectivity index (χ4n) is 4.23. The second kappa shape index (κ2) is 11.9. The summed E-state index contributed by atoms with van der Waals surface area (Å²) in [4.78, 5) is 23.4. The second-order valence-electron chi connectivity index (χ2n) is 8.51. The lowest BCUT2D eigenvalue weighted by molar-refractivity contribution is -0.115. The Hall–Kier alpha value is -3.62. The molecule has 0 radical (unpaired) electrons. The topological polar surface area (TPSA) is 73.4 Å². The van der Waals surface area contributed by atoms with E-state index in [0.717, 1.165) is 67.1 Å². The van der Waals surface area contributed by atoms with Gasteiger partial charge in [-0.1, -0.05) is 43.8 Å². The third-order valence-electron chi connectivity index (χ3n) is 6.26. The smallest absolute Gasteiger partial charge is 0.247 e. The molecule has 0 unspecified atom stereocenters. The molecule has 1 saturated heterocycles. The van der Waals surface area contributed by atoms with E-state index in [4.69, 9.17) is 4.98 Å². The molecule has 8 heteroatoms. The molecule has 1 aliphatic carbocycles. The molecule has 0 spiro atoms. The Morgan fingerprint density at radius 3 is 2.56 bits per heavy atom. The Balaban J connectivity index is 1.48. The van der Waals surface area contributed by atoms with Crippen LogP contribution in [-0.4, -0.2) is 52.6 Å². The van der Waals surface area contributed by atoms with Crippen molar-refractivity contribution in [2.75, 3.05) is 42.7 Å². The quantitative estimate of drug-likeness (QED) is 0.363. The summed E-state index contributed by atoms with van der Waals surface area (Å²) in [7, 11) is 0. The molecule has 1 amide bonds. The summed E-state index contributed by atoms with van der Waals surface area (Å²) in [6, 6.07) is 8.37. The predicted octanol–water partition coefficient (Wildman–Crippen LogP) is 5.18. The number of nitrogens with one attached hydrogen (secondary N) is 2. The molecule has 2 N–H and O–H groups in total. The number of carbonyl (C=O) groups excluding carboxylic acids is 1. The minimum Gasteiger partial charge on any atom is -0.369 e. The summed E-state index contributed by atoms with van der Waals surface area (Å²) in [6.07, 6.45) is 12.4. The van der Waals surface area contributed by atoms with Crippen LogP contribution in [0.5, 0.6) is 0 Å². The van der Waals surface area contributed by atoms with E-state index in [-0.39, 0.29) is 5.91 Å². The average molecular weight is 501 g/mol. The molecular weight excluding hydrogens is 468 g/mol. The highest BCUT2D eigenvalue weighted by molar-refractivity contribution is 7.96. The summed E-state index contributed by atoms with van der Waals surface area (Å²) in [5, 5.41) is 6.14. The monoisotopic (exact) mass is 500 g/mol. The van der Waals surface area contributed by atoms with Crippen LogP contribution in [0.4, 0.5) is 17.3 Å². The Morgan fingerprint density at radius 1 is 1.14 bits per heavy atom. The van der Waals surface area contributed by atoms with Crippen molar-refractivity contribution in [3.63, 3.8) is 0 Å². The lowest BCUT2D eigenvalue weighted by Gasteiger charge is -2.34. The van der Waals surface area contributed by atoms with Gasteiger partial charge in [-0.2, -0.15) is 0 Å². The van der Waals surface area contributed by atoms with E-state index in [1.54, 1.807) is 12.3 Å². The van der Waals surface area contributed by atoms with Gasteiger partial charge in [0.2, 0.25) is 11.9 Å². The Kier molecular flexibility index (Phi) is 8.40. The number of aromatic nitrogens is 2. The number of hydrogen-bond acceptors (Lipinski definition) is 7. The van der Waals surface area contributed by atoms with Crippen molar-refractivity contribution in [2.24, 2.45) is 0 Å². The largest absolute Gasteiger partial charge is 0.369 e. The van der Waals surface area contributed by atoms with Crippen LogP contribution >= 0.6 is 11.9 Å². The first-order chi connectivity index (χ1) is 17.5. The molecule has 0 atom stereocenters.